The summed E-state index contributed by atoms with van der Waals surface area (Å²) in [5.41, 5.74) is 0. The Labute approximate surface area is 112 Å². The van der Waals surface area contributed by atoms with Gasteiger partial charge in [-0.25, -0.2) is 26.5 Å². The molecule has 7 nitrogen and oxygen atoms in total. The van der Waals surface area contributed by atoms with Crippen LogP contribution in [0.15, 0.2) is 23.2 Å². The van der Waals surface area contributed by atoms with Crippen molar-refractivity contribution in [3.63, 3.8) is 0 Å². The van der Waals surface area contributed by atoms with Gasteiger partial charge < -0.3 is 5.32 Å². The van der Waals surface area contributed by atoms with Crippen LogP contribution in [0.4, 0.5) is 5.82 Å². The molecular formula is C10H15N3O4S2. The molecule has 0 amide bonds. The van der Waals surface area contributed by atoms with Crippen LogP contribution < -0.4 is 10.0 Å². The fourth-order valence-corrected chi connectivity index (χ4v) is 4.86. The molecule has 1 aliphatic heterocycles. The second kappa shape index (κ2) is 5.06. The maximum absolute atomic E-state index is 12.0. The van der Waals surface area contributed by atoms with E-state index in [1.54, 1.807) is 13.1 Å². The van der Waals surface area contributed by atoms with Crippen molar-refractivity contribution < 1.29 is 16.8 Å². The Kier molecular flexibility index (Phi) is 3.79. The highest BCUT2D eigenvalue weighted by Crippen LogP contribution is 2.16. The Morgan fingerprint density at radius 3 is 2.58 bits per heavy atom. The Morgan fingerprint density at radius 2 is 2.11 bits per heavy atom. The fraction of sp³-hybridized carbons (Fsp3) is 0.500. The van der Waals surface area contributed by atoms with E-state index in [4.69, 9.17) is 0 Å². The van der Waals surface area contributed by atoms with Gasteiger partial charge in [-0.15, -0.1) is 0 Å². The summed E-state index contributed by atoms with van der Waals surface area (Å²) in [5, 5.41) is 2.78. The summed E-state index contributed by atoms with van der Waals surface area (Å²) in [7, 11) is -5.16. The minimum Gasteiger partial charge on any atom is -0.373 e. The number of nitrogens with one attached hydrogen (secondary N) is 2. The van der Waals surface area contributed by atoms with Gasteiger partial charge in [-0.3, -0.25) is 0 Å². The van der Waals surface area contributed by atoms with E-state index in [1.165, 1.54) is 12.3 Å². The van der Waals surface area contributed by atoms with Crippen molar-refractivity contribution in [2.75, 3.05) is 23.9 Å². The van der Waals surface area contributed by atoms with Gasteiger partial charge in [0.2, 0.25) is 10.0 Å². The average molecular weight is 305 g/mol. The van der Waals surface area contributed by atoms with Gasteiger partial charge in [0.15, 0.2) is 9.84 Å². The summed E-state index contributed by atoms with van der Waals surface area (Å²) in [6.07, 6.45) is 1.54. The quantitative estimate of drug-likeness (QED) is 0.783. The molecule has 1 unspecified atom stereocenters. The van der Waals surface area contributed by atoms with Crippen LogP contribution in [0, 0.1) is 0 Å². The fourth-order valence-electron chi connectivity index (χ4n) is 1.86. The second-order valence-electron chi connectivity index (χ2n) is 4.35. The Bertz CT molecular complexity index is 653. The van der Waals surface area contributed by atoms with Crippen LogP contribution in [0.1, 0.15) is 6.42 Å². The summed E-state index contributed by atoms with van der Waals surface area (Å²) >= 11 is 0. The Balaban J connectivity index is 2.14. The van der Waals surface area contributed by atoms with E-state index in [0.29, 0.717) is 12.2 Å². The van der Waals surface area contributed by atoms with Gasteiger partial charge in [-0.2, -0.15) is 0 Å². The first-order valence-corrected chi connectivity index (χ1v) is 8.99. The molecule has 2 heterocycles. The van der Waals surface area contributed by atoms with Crippen LogP contribution in [-0.4, -0.2) is 46.4 Å². The maximum Gasteiger partial charge on any atom is 0.242 e. The van der Waals surface area contributed by atoms with Crippen molar-refractivity contribution in [1.29, 1.82) is 0 Å². The smallest absolute Gasteiger partial charge is 0.242 e. The normalized spacial score (nSPS) is 22.3. The zero-order chi connectivity index (χ0) is 14.1. The zero-order valence-corrected chi connectivity index (χ0v) is 12.0. The van der Waals surface area contributed by atoms with Gasteiger partial charge in [0.25, 0.3) is 0 Å². The summed E-state index contributed by atoms with van der Waals surface area (Å²) in [6.45, 7) is 0. The van der Waals surface area contributed by atoms with Crippen LogP contribution in [0.3, 0.4) is 0 Å². The molecule has 0 aliphatic carbocycles. The standard InChI is InChI=1S/C10H15N3O4S2/c1-11-10-3-2-9(6-12-10)19(16,17)13-8-4-5-18(14,15)7-8/h2-3,6,8,13H,4-5,7H2,1H3,(H,11,12). The van der Waals surface area contributed by atoms with Crippen LogP contribution in [0.5, 0.6) is 0 Å². The van der Waals surface area contributed by atoms with Gasteiger partial charge in [0.05, 0.1) is 11.5 Å². The summed E-state index contributed by atoms with van der Waals surface area (Å²) in [6, 6.07) is 2.41. The van der Waals surface area contributed by atoms with E-state index in [1.807, 2.05) is 0 Å². The van der Waals surface area contributed by atoms with Crippen LogP contribution >= 0.6 is 0 Å². The topological polar surface area (TPSA) is 105 Å². The third kappa shape index (κ3) is 3.43. The van der Waals surface area contributed by atoms with E-state index in [-0.39, 0.29) is 16.4 Å². The molecule has 2 rings (SSSR count). The monoisotopic (exact) mass is 305 g/mol. The molecule has 2 N–H and O–H groups in total. The van der Waals surface area contributed by atoms with E-state index < -0.39 is 25.9 Å². The zero-order valence-electron chi connectivity index (χ0n) is 10.3. The lowest BCUT2D eigenvalue weighted by atomic mass is 10.3. The number of hydrogen-bond donors (Lipinski definition) is 2. The predicted molar refractivity (Wildman–Crippen MR) is 71.2 cm³/mol. The molecule has 0 aromatic carbocycles. The average Bonchev–Trinajstić information content (AvgIpc) is 2.68. The second-order valence-corrected chi connectivity index (χ2v) is 8.29. The number of hydrogen-bond acceptors (Lipinski definition) is 6. The lowest BCUT2D eigenvalue weighted by molar-refractivity contribution is 0.562. The molecule has 1 atom stereocenters. The first-order chi connectivity index (χ1) is 8.82. The van der Waals surface area contributed by atoms with E-state index in [9.17, 15) is 16.8 Å². The molecule has 106 valence electrons. The molecule has 1 aliphatic rings. The van der Waals surface area contributed by atoms with Gasteiger partial charge >= 0.3 is 0 Å². The molecule has 1 fully saturated rings. The molecule has 0 spiro atoms. The molecule has 0 radical (unpaired) electrons. The van der Waals surface area contributed by atoms with Crippen molar-refractivity contribution in [3.8, 4) is 0 Å². The third-order valence-electron chi connectivity index (χ3n) is 2.86. The van der Waals surface area contributed by atoms with Gasteiger partial charge in [-0.05, 0) is 18.6 Å². The van der Waals surface area contributed by atoms with E-state index in [2.05, 4.69) is 15.0 Å². The van der Waals surface area contributed by atoms with Crippen LogP contribution in [-0.2, 0) is 19.9 Å². The SMILES string of the molecule is CNc1ccc(S(=O)(=O)NC2CCS(=O)(=O)C2)cn1. The first kappa shape index (κ1) is 14.2. The van der Waals surface area contributed by atoms with Gasteiger partial charge in [0, 0.05) is 19.3 Å². The Hall–Kier alpha value is -1.19. The maximum atomic E-state index is 12.0. The summed E-state index contributed by atoms with van der Waals surface area (Å²) in [4.78, 5) is 3.94. The highest BCUT2D eigenvalue weighted by Gasteiger charge is 2.31. The van der Waals surface area contributed by atoms with Crippen molar-refractivity contribution in [1.82, 2.24) is 9.71 Å². The molecule has 0 bridgehead atoms. The Morgan fingerprint density at radius 1 is 1.37 bits per heavy atom. The summed E-state index contributed by atoms with van der Waals surface area (Å²) < 4.78 is 49.0. The van der Waals surface area contributed by atoms with Crippen LogP contribution in [0.25, 0.3) is 0 Å². The number of rotatable bonds is 4. The van der Waals surface area contributed by atoms with E-state index in [0.717, 1.165) is 0 Å². The minimum atomic E-state index is -3.72. The molecular weight excluding hydrogens is 290 g/mol. The molecule has 19 heavy (non-hydrogen) atoms. The number of nitrogens with zero attached hydrogens (tertiary/aromatic N) is 1. The lowest BCUT2D eigenvalue weighted by Gasteiger charge is -2.11. The van der Waals surface area contributed by atoms with E-state index >= 15 is 0 Å². The molecule has 1 aromatic rings. The highest BCUT2D eigenvalue weighted by molar-refractivity contribution is 7.92. The van der Waals surface area contributed by atoms with Gasteiger partial charge in [0.1, 0.15) is 10.7 Å². The van der Waals surface area contributed by atoms with Crippen LogP contribution in [0.2, 0.25) is 0 Å². The van der Waals surface area contributed by atoms with Crippen molar-refractivity contribution >= 4 is 25.7 Å². The highest BCUT2D eigenvalue weighted by atomic mass is 32.2. The lowest BCUT2D eigenvalue weighted by Crippen LogP contribution is -2.35. The minimum absolute atomic E-state index is 0.0239. The number of sulfonamides is 1. The van der Waals surface area contributed by atoms with Crippen molar-refractivity contribution in [2.45, 2.75) is 17.4 Å². The van der Waals surface area contributed by atoms with Gasteiger partial charge in [-0.1, -0.05) is 0 Å². The molecule has 1 aromatic heterocycles. The van der Waals surface area contributed by atoms with Crippen molar-refractivity contribution in [3.05, 3.63) is 18.3 Å². The largest absolute Gasteiger partial charge is 0.373 e. The number of anilines is 1. The van der Waals surface area contributed by atoms with Crippen molar-refractivity contribution in [2.24, 2.45) is 0 Å². The summed E-state index contributed by atoms with van der Waals surface area (Å²) in [5.74, 6) is 0.438. The molecule has 0 saturated carbocycles. The predicted octanol–water partition coefficient (Wildman–Crippen LogP) is -0.411. The number of sulfone groups is 1. The first-order valence-electron chi connectivity index (χ1n) is 5.69. The number of aromatic nitrogens is 1. The number of pyridine rings is 1. The molecule has 1 saturated heterocycles. The third-order valence-corrected chi connectivity index (χ3v) is 6.13. The molecule has 9 heteroatoms.